The molecule has 0 aliphatic heterocycles. The minimum atomic E-state index is -4.96. The SMILES string of the molecule is CCCCCC/C=C\C=C/CCCCCCCC(=O)OC[C@H](COP(=O)(O)OC[C@@H](O)COP(=O)(O)OC[C@@H](COC(=O)CCCCCCCCC(C)CC)OC(=O)CCCCCCCCCCCCCCC(C)C)OC(=O)CCCCCCCCCCCCCC(C)C. The summed E-state index contributed by atoms with van der Waals surface area (Å²) in [6.07, 6.45) is 53.5. The standard InChI is InChI=1S/C75H142O17P2/c1-8-10-11-12-13-14-15-16-17-18-24-29-34-42-49-56-72(77)85-62-70(91-75(80)59-52-45-36-31-26-21-23-28-33-40-47-54-67(5)6)64-89-93(81,82)87-60-69(76)61-88-94(83,84)90-65-71(63-86-73(78)57-50-43-38-37-41-48-55-68(7)9-2)92-74(79)58-51-44-35-30-25-20-19-22-27-32-39-46-53-66(3)4/h14-17,66-71,76H,8-13,18-65H2,1-7H3,(H,81,82)(H,83,84)/b15-14-,17-16-/t68?,69-,70-,71-/m1/s1. The number of unbranched alkanes of at least 4 members (excludes halogenated alkanes) is 35. The van der Waals surface area contributed by atoms with Crippen molar-refractivity contribution in [2.75, 3.05) is 39.6 Å². The van der Waals surface area contributed by atoms with Gasteiger partial charge in [-0.1, -0.05) is 304 Å². The van der Waals surface area contributed by atoms with Crippen molar-refractivity contribution in [1.82, 2.24) is 0 Å². The van der Waals surface area contributed by atoms with Gasteiger partial charge in [-0.2, -0.15) is 0 Å². The lowest BCUT2D eigenvalue weighted by Gasteiger charge is -2.21. The molecule has 0 aromatic heterocycles. The molecule has 0 aromatic carbocycles. The number of carbonyl (C=O) groups excluding carboxylic acids is 4. The number of phosphoric ester groups is 2. The van der Waals surface area contributed by atoms with Gasteiger partial charge in [-0.15, -0.1) is 0 Å². The third-order valence-corrected chi connectivity index (χ3v) is 19.0. The van der Waals surface area contributed by atoms with Crippen LogP contribution in [0, 0.1) is 17.8 Å². The highest BCUT2D eigenvalue weighted by molar-refractivity contribution is 7.47. The molecule has 554 valence electrons. The summed E-state index contributed by atoms with van der Waals surface area (Å²) in [5.41, 5.74) is 0. The molecule has 17 nitrogen and oxygen atoms in total. The Kier molecular flexibility index (Phi) is 63.5. The van der Waals surface area contributed by atoms with Crippen molar-refractivity contribution in [2.24, 2.45) is 17.8 Å². The van der Waals surface area contributed by atoms with Crippen LogP contribution >= 0.6 is 15.6 Å². The van der Waals surface area contributed by atoms with Crippen molar-refractivity contribution in [3.8, 4) is 0 Å². The van der Waals surface area contributed by atoms with Crippen LogP contribution in [0.5, 0.6) is 0 Å². The predicted molar refractivity (Wildman–Crippen MR) is 381 cm³/mol. The van der Waals surface area contributed by atoms with Gasteiger partial charge in [0, 0.05) is 25.7 Å². The van der Waals surface area contributed by atoms with E-state index in [-0.39, 0.29) is 25.7 Å². The normalized spacial score (nSPS) is 14.6. The van der Waals surface area contributed by atoms with Crippen LogP contribution in [0.1, 0.15) is 357 Å². The molecule has 94 heavy (non-hydrogen) atoms. The van der Waals surface area contributed by atoms with Crippen LogP contribution in [-0.4, -0.2) is 96.7 Å². The monoisotopic (exact) mass is 1380 g/mol. The molecule has 0 fully saturated rings. The first-order chi connectivity index (χ1) is 45.3. The average Bonchev–Trinajstić information content (AvgIpc) is 1.92. The molecular formula is C75H142O17P2. The fraction of sp³-hybridized carbons (Fsp3) is 0.893. The highest BCUT2D eigenvalue weighted by Crippen LogP contribution is 2.45. The van der Waals surface area contributed by atoms with E-state index in [1.165, 1.54) is 141 Å². The molecule has 0 aliphatic rings. The molecule has 0 radical (unpaired) electrons. The Bertz CT molecular complexity index is 1930. The average molecular weight is 1380 g/mol. The number of rotatable bonds is 71. The number of phosphoric acid groups is 2. The first-order valence-corrected chi connectivity index (χ1v) is 41.2. The van der Waals surface area contributed by atoms with E-state index in [1.807, 2.05) is 0 Å². The maximum Gasteiger partial charge on any atom is 0.472 e. The lowest BCUT2D eigenvalue weighted by Crippen LogP contribution is -2.30. The highest BCUT2D eigenvalue weighted by atomic mass is 31.2. The summed E-state index contributed by atoms with van der Waals surface area (Å²) in [5, 5.41) is 10.6. The fourth-order valence-corrected chi connectivity index (χ4v) is 12.4. The van der Waals surface area contributed by atoms with Crippen LogP contribution < -0.4 is 0 Å². The fourth-order valence-electron chi connectivity index (χ4n) is 10.9. The molecule has 0 saturated carbocycles. The van der Waals surface area contributed by atoms with E-state index in [4.69, 9.17) is 37.0 Å². The van der Waals surface area contributed by atoms with E-state index in [0.717, 1.165) is 133 Å². The topological polar surface area (TPSA) is 237 Å². The van der Waals surface area contributed by atoms with Crippen molar-refractivity contribution < 1.29 is 80.2 Å². The lowest BCUT2D eigenvalue weighted by atomic mass is 10.00. The number of aliphatic hydroxyl groups is 1. The Morgan fingerprint density at radius 2 is 0.628 bits per heavy atom. The molecule has 0 amide bonds. The molecule has 3 N–H and O–H groups in total. The van der Waals surface area contributed by atoms with Crippen LogP contribution in [0.4, 0.5) is 0 Å². The Morgan fingerprint density at radius 1 is 0.351 bits per heavy atom. The van der Waals surface area contributed by atoms with Crippen molar-refractivity contribution >= 4 is 39.5 Å². The third-order valence-electron chi connectivity index (χ3n) is 17.1. The second-order valence-electron chi connectivity index (χ2n) is 27.5. The molecule has 0 saturated heterocycles. The van der Waals surface area contributed by atoms with E-state index >= 15 is 0 Å². The van der Waals surface area contributed by atoms with Gasteiger partial charge in [0.15, 0.2) is 12.2 Å². The van der Waals surface area contributed by atoms with E-state index < -0.39 is 97.5 Å². The second kappa shape index (κ2) is 65.2. The first kappa shape index (κ1) is 91.5. The number of hydrogen-bond acceptors (Lipinski definition) is 15. The largest absolute Gasteiger partial charge is 0.472 e. The van der Waals surface area contributed by atoms with Crippen molar-refractivity contribution in [3.63, 3.8) is 0 Å². The van der Waals surface area contributed by atoms with Gasteiger partial charge < -0.3 is 33.8 Å². The summed E-state index contributed by atoms with van der Waals surface area (Å²) in [6, 6.07) is 0. The Morgan fingerprint density at radius 3 is 0.947 bits per heavy atom. The third kappa shape index (κ3) is 66.8. The smallest absolute Gasteiger partial charge is 0.462 e. The van der Waals surface area contributed by atoms with E-state index in [9.17, 15) is 43.2 Å². The minimum absolute atomic E-state index is 0.0991. The van der Waals surface area contributed by atoms with Crippen molar-refractivity contribution in [2.45, 2.75) is 375 Å². The van der Waals surface area contributed by atoms with Crippen LogP contribution in [0.15, 0.2) is 24.3 Å². The number of allylic oxidation sites excluding steroid dienone is 4. The number of carbonyl (C=O) groups is 4. The van der Waals surface area contributed by atoms with Gasteiger partial charge in [-0.3, -0.25) is 37.3 Å². The highest BCUT2D eigenvalue weighted by Gasteiger charge is 2.30. The lowest BCUT2D eigenvalue weighted by molar-refractivity contribution is -0.161. The zero-order valence-electron chi connectivity index (χ0n) is 60.9. The second-order valence-corrected chi connectivity index (χ2v) is 30.5. The Hall–Kier alpha value is -2.46. The van der Waals surface area contributed by atoms with Crippen LogP contribution in [-0.2, 0) is 65.4 Å². The molecule has 0 rings (SSSR count). The van der Waals surface area contributed by atoms with Gasteiger partial charge in [-0.05, 0) is 69.1 Å². The van der Waals surface area contributed by atoms with Crippen molar-refractivity contribution in [1.29, 1.82) is 0 Å². The predicted octanol–water partition coefficient (Wildman–Crippen LogP) is 21.3. The number of ether oxygens (including phenoxy) is 4. The number of esters is 4. The molecule has 0 heterocycles. The number of hydrogen-bond donors (Lipinski definition) is 3. The summed E-state index contributed by atoms with van der Waals surface area (Å²) in [5.74, 6) is 0.117. The molecule has 19 heteroatoms. The van der Waals surface area contributed by atoms with E-state index in [0.29, 0.717) is 25.7 Å². The van der Waals surface area contributed by atoms with Gasteiger partial charge in [0.05, 0.1) is 26.4 Å². The van der Waals surface area contributed by atoms with Gasteiger partial charge in [0.1, 0.15) is 19.3 Å². The van der Waals surface area contributed by atoms with Gasteiger partial charge in [0.25, 0.3) is 0 Å². The van der Waals surface area contributed by atoms with Crippen LogP contribution in [0.25, 0.3) is 0 Å². The molecule has 3 unspecified atom stereocenters. The molecular weight excluding hydrogens is 1230 g/mol. The Labute approximate surface area is 573 Å². The maximum atomic E-state index is 13.1. The van der Waals surface area contributed by atoms with Gasteiger partial charge in [0.2, 0.25) is 0 Å². The zero-order valence-corrected chi connectivity index (χ0v) is 62.7. The molecule has 0 aliphatic carbocycles. The van der Waals surface area contributed by atoms with Crippen LogP contribution in [0.3, 0.4) is 0 Å². The summed E-state index contributed by atoms with van der Waals surface area (Å²) in [4.78, 5) is 72.8. The summed E-state index contributed by atoms with van der Waals surface area (Å²) >= 11 is 0. The summed E-state index contributed by atoms with van der Waals surface area (Å²) in [7, 11) is -9.92. The number of aliphatic hydroxyl groups excluding tert-OH is 1. The first-order valence-electron chi connectivity index (χ1n) is 38.2. The minimum Gasteiger partial charge on any atom is -0.462 e. The summed E-state index contributed by atoms with van der Waals surface area (Å²) < 4.78 is 68.4. The molecule has 0 bridgehead atoms. The molecule has 6 atom stereocenters. The molecule has 0 spiro atoms. The van der Waals surface area contributed by atoms with Crippen LogP contribution in [0.2, 0.25) is 0 Å². The quantitative estimate of drug-likeness (QED) is 0.0169. The molecule has 0 aromatic rings. The zero-order chi connectivity index (χ0) is 69.4. The van der Waals surface area contributed by atoms with E-state index in [1.54, 1.807) is 0 Å². The van der Waals surface area contributed by atoms with Crippen molar-refractivity contribution in [3.05, 3.63) is 24.3 Å². The van der Waals surface area contributed by atoms with Gasteiger partial charge in [-0.25, -0.2) is 9.13 Å². The summed E-state index contributed by atoms with van der Waals surface area (Å²) in [6.45, 7) is 11.8. The van der Waals surface area contributed by atoms with E-state index in [2.05, 4.69) is 72.8 Å². The Balaban J connectivity index is 5.29. The maximum absolute atomic E-state index is 13.1. The van der Waals surface area contributed by atoms with Gasteiger partial charge >= 0.3 is 39.5 Å².